The Kier molecular flexibility index (Phi) is 3.92. The molecule has 4 heteroatoms. The van der Waals surface area contributed by atoms with Crippen LogP contribution < -0.4 is 5.32 Å². The van der Waals surface area contributed by atoms with Crippen molar-refractivity contribution in [1.29, 1.82) is 0 Å². The molecule has 0 spiro atoms. The molecule has 1 rings (SSSR count). The fraction of sp³-hybridized carbons (Fsp3) is 0.222. The number of carbonyl (C=O) groups excluding carboxylic acids is 1. The van der Waals surface area contributed by atoms with Gasteiger partial charge in [0.2, 0.25) is 0 Å². The second-order valence-corrected chi connectivity index (χ2v) is 3.41. The summed E-state index contributed by atoms with van der Waals surface area (Å²) in [5, 5.41) is 11.1. The minimum Gasteiger partial charge on any atom is -0.395 e. The Morgan fingerprint density at radius 2 is 2.31 bits per heavy atom. The van der Waals surface area contributed by atoms with Crippen molar-refractivity contribution >= 4 is 21.8 Å². The van der Waals surface area contributed by atoms with Gasteiger partial charge in [-0.15, -0.1) is 0 Å². The lowest BCUT2D eigenvalue weighted by molar-refractivity contribution is 0.0944. The molecule has 3 nitrogen and oxygen atoms in total. The molecule has 0 aliphatic rings. The summed E-state index contributed by atoms with van der Waals surface area (Å²) >= 11 is 3.27. The number of hydrogen-bond acceptors (Lipinski definition) is 2. The van der Waals surface area contributed by atoms with Crippen LogP contribution in [-0.4, -0.2) is 24.2 Å². The van der Waals surface area contributed by atoms with Gasteiger partial charge in [-0.1, -0.05) is 22.0 Å². The first-order chi connectivity index (χ1) is 6.24. The Balaban J connectivity index is 2.66. The maximum Gasteiger partial charge on any atom is 0.251 e. The molecule has 0 saturated carbocycles. The predicted molar refractivity (Wildman–Crippen MR) is 53.6 cm³/mol. The third-order valence-electron chi connectivity index (χ3n) is 1.48. The van der Waals surface area contributed by atoms with Gasteiger partial charge in [0.1, 0.15) is 0 Å². The van der Waals surface area contributed by atoms with E-state index in [2.05, 4.69) is 21.2 Å². The summed E-state index contributed by atoms with van der Waals surface area (Å²) in [5.74, 6) is -0.171. The number of aliphatic hydroxyl groups is 1. The molecule has 0 radical (unpaired) electrons. The van der Waals surface area contributed by atoms with Crippen LogP contribution in [0.5, 0.6) is 0 Å². The van der Waals surface area contributed by atoms with Crippen LogP contribution in [0.3, 0.4) is 0 Å². The molecule has 70 valence electrons. The summed E-state index contributed by atoms with van der Waals surface area (Å²) in [7, 11) is 0. The van der Waals surface area contributed by atoms with Crippen molar-refractivity contribution in [3.8, 4) is 0 Å². The largest absolute Gasteiger partial charge is 0.395 e. The lowest BCUT2D eigenvalue weighted by atomic mass is 10.2. The molecule has 0 heterocycles. The van der Waals surface area contributed by atoms with Crippen LogP contribution in [0.2, 0.25) is 0 Å². The van der Waals surface area contributed by atoms with Crippen LogP contribution >= 0.6 is 15.9 Å². The van der Waals surface area contributed by atoms with Crippen LogP contribution in [0.4, 0.5) is 0 Å². The zero-order chi connectivity index (χ0) is 9.68. The Labute approximate surface area is 84.9 Å². The van der Waals surface area contributed by atoms with E-state index in [0.29, 0.717) is 5.56 Å². The van der Waals surface area contributed by atoms with E-state index in [-0.39, 0.29) is 19.1 Å². The Hall–Kier alpha value is -0.870. The van der Waals surface area contributed by atoms with Gasteiger partial charge < -0.3 is 10.4 Å². The van der Waals surface area contributed by atoms with E-state index >= 15 is 0 Å². The molecule has 0 aliphatic heterocycles. The van der Waals surface area contributed by atoms with Crippen molar-refractivity contribution in [1.82, 2.24) is 5.32 Å². The maximum atomic E-state index is 11.3. The highest BCUT2D eigenvalue weighted by Gasteiger charge is 2.03. The third kappa shape index (κ3) is 3.16. The van der Waals surface area contributed by atoms with Gasteiger partial charge in [0.25, 0.3) is 5.91 Å². The summed E-state index contributed by atoms with van der Waals surface area (Å²) in [4.78, 5) is 11.3. The second-order valence-electron chi connectivity index (χ2n) is 2.49. The minimum absolute atomic E-state index is 0.0419. The molecule has 0 saturated heterocycles. The van der Waals surface area contributed by atoms with Crippen molar-refractivity contribution in [2.75, 3.05) is 13.2 Å². The van der Waals surface area contributed by atoms with Gasteiger partial charge in [-0.25, -0.2) is 0 Å². The van der Waals surface area contributed by atoms with E-state index in [9.17, 15) is 4.79 Å². The van der Waals surface area contributed by atoms with E-state index < -0.39 is 0 Å². The van der Waals surface area contributed by atoms with Crippen LogP contribution in [0.25, 0.3) is 0 Å². The molecule has 0 fully saturated rings. The number of rotatable bonds is 3. The Morgan fingerprint density at radius 1 is 1.54 bits per heavy atom. The Morgan fingerprint density at radius 3 is 2.92 bits per heavy atom. The number of benzene rings is 1. The zero-order valence-corrected chi connectivity index (χ0v) is 8.54. The normalized spacial score (nSPS) is 9.69. The fourth-order valence-corrected chi connectivity index (χ4v) is 1.30. The maximum absolute atomic E-state index is 11.3. The molecule has 1 amide bonds. The minimum atomic E-state index is -0.171. The number of aliphatic hydroxyl groups excluding tert-OH is 1. The van der Waals surface area contributed by atoms with Crippen molar-refractivity contribution in [2.24, 2.45) is 0 Å². The summed E-state index contributed by atoms with van der Waals surface area (Å²) in [6.07, 6.45) is 0. The van der Waals surface area contributed by atoms with Crippen LogP contribution in [0.1, 0.15) is 10.4 Å². The van der Waals surface area contributed by atoms with E-state index in [1.165, 1.54) is 0 Å². The van der Waals surface area contributed by atoms with Crippen LogP contribution in [0, 0.1) is 0 Å². The topological polar surface area (TPSA) is 49.3 Å². The fourth-order valence-electron chi connectivity index (χ4n) is 0.901. The number of carbonyl (C=O) groups is 1. The predicted octanol–water partition coefficient (Wildman–Crippen LogP) is 1.17. The molecule has 1 aromatic rings. The summed E-state index contributed by atoms with van der Waals surface area (Å²) in [5.41, 5.74) is 0.586. The molecule has 0 unspecified atom stereocenters. The van der Waals surface area contributed by atoms with Gasteiger partial charge >= 0.3 is 0 Å². The van der Waals surface area contributed by atoms with Crippen molar-refractivity contribution < 1.29 is 9.90 Å². The Bertz CT molecular complexity index is 301. The quantitative estimate of drug-likeness (QED) is 0.838. The SMILES string of the molecule is O=C(NCCO)c1cccc(Br)c1. The molecule has 0 aromatic heterocycles. The molecule has 0 aliphatic carbocycles. The first-order valence-electron chi connectivity index (χ1n) is 3.88. The van der Waals surface area contributed by atoms with Gasteiger partial charge in [0.05, 0.1) is 6.61 Å². The summed E-state index contributed by atoms with van der Waals surface area (Å²) < 4.78 is 0.865. The van der Waals surface area contributed by atoms with Gasteiger partial charge in [-0.05, 0) is 18.2 Å². The molecule has 13 heavy (non-hydrogen) atoms. The number of hydrogen-bond donors (Lipinski definition) is 2. The van der Waals surface area contributed by atoms with E-state index in [1.807, 2.05) is 6.07 Å². The second kappa shape index (κ2) is 4.99. The third-order valence-corrected chi connectivity index (χ3v) is 1.98. The zero-order valence-electron chi connectivity index (χ0n) is 6.96. The standard InChI is InChI=1S/C9H10BrNO2/c10-8-3-1-2-7(6-8)9(13)11-4-5-12/h1-3,6,12H,4-5H2,(H,11,13). The number of halogens is 1. The highest BCUT2D eigenvalue weighted by atomic mass is 79.9. The molecular weight excluding hydrogens is 234 g/mol. The van der Waals surface area contributed by atoms with Crippen molar-refractivity contribution in [2.45, 2.75) is 0 Å². The monoisotopic (exact) mass is 243 g/mol. The lowest BCUT2D eigenvalue weighted by Crippen LogP contribution is -2.26. The van der Waals surface area contributed by atoms with Crippen molar-refractivity contribution in [3.05, 3.63) is 34.3 Å². The molecule has 1 aromatic carbocycles. The van der Waals surface area contributed by atoms with E-state index in [0.717, 1.165) is 4.47 Å². The summed E-state index contributed by atoms with van der Waals surface area (Å²) in [6.45, 7) is 0.241. The average molecular weight is 244 g/mol. The van der Waals surface area contributed by atoms with Crippen LogP contribution in [0.15, 0.2) is 28.7 Å². The summed E-state index contributed by atoms with van der Waals surface area (Å²) in [6, 6.07) is 7.09. The van der Waals surface area contributed by atoms with Gasteiger partial charge in [0, 0.05) is 16.6 Å². The smallest absolute Gasteiger partial charge is 0.251 e. The number of amides is 1. The highest BCUT2D eigenvalue weighted by molar-refractivity contribution is 9.10. The lowest BCUT2D eigenvalue weighted by Gasteiger charge is -2.02. The van der Waals surface area contributed by atoms with E-state index in [1.54, 1.807) is 18.2 Å². The van der Waals surface area contributed by atoms with Crippen molar-refractivity contribution in [3.63, 3.8) is 0 Å². The first-order valence-corrected chi connectivity index (χ1v) is 4.68. The highest BCUT2D eigenvalue weighted by Crippen LogP contribution is 2.11. The molecular formula is C9H10BrNO2. The molecule has 0 atom stereocenters. The van der Waals surface area contributed by atoms with Gasteiger partial charge in [-0.2, -0.15) is 0 Å². The first kappa shape index (κ1) is 10.2. The van der Waals surface area contributed by atoms with Gasteiger partial charge in [-0.3, -0.25) is 4.79 Å². The van der Waals surface area contributed by atoms with E-state index in [4.69, 9.17) is 5.11 Å². The van der Waals surface area contributed by atoms with Crippen LogP contribution in [-0.2, 0) is 0 Å². The number of nitrogens with one attached hydrogen (secondary N) is 1. The average Bonchev–Trinajstić information content (AvgIpc) is 2.14. The van der Waals surface area contributed by atoms with Gasteiger partial charge in [0.15, 0.2) is 0 Å². The molecule has 2 N–H and O–H groups in total. The molecule has 0 bridgehead atoms.